The Kier molecular flexibility index (Phi) is 3.77. The molecule has 0 bridgehead atoms. The summed E-state index contributed by atoms with van der Waals surface area (Å²) in [6, 6.07) is 8.44. The van der Waals surface area contributed by atoms with Gasteiger partial charge in [-0.25, -0.2) is 0 Å². The molecule has 3 nitrogen and oxygen atoms in total. The van der Waals surface area contributed by atoms with Crippen molar-refractivity contribution < 1.29 is 4.52 Å². The Morgan fingerprint density at radius 3 is 2.35 bits per heavy atom. The minimum Gasteiger partial charge on any atom is -0.380 e. The number of nitrogens with two attached hydrogens (primary N) is 1. The number of nitrogen functional groups attached to an aromatic ring is 1. The van der Waals surface area contributed by atoms with Crippen molar-refractivity contribution in [2.45, 2.75) is 51.4 Å². The minimum atomic E-state index is 0.471. The van der Waals surface area contributed by atoms with Crippen LogP contribution in [-0.4, -0.2) is 5.16 Å². The number of nitrogens with zero attached hydrogens (tertiary/aromatic N) is 1. The zero-order chi connectivity index (χ0) is 13.9. The van der Waals surface area contributed by atoms with E-state index in [0.717, 1.165) is 16.9 Å². The van der Waals surface area contributed by atoms with Gasteiger partial charge in [0, 0.05) is 5.92 Å². The van der Waals surface area contributed by atoms with Crippen LogP contribution in [0.2, 0.25) is 0 Å². The summed E-state index contributed by atoms with van der Waals surface area (Å²) in [5.41, 5.74) is 9.43. The Morgan fingerprint density at radius 1 is 1.05 bits per heavy atom. The maximum absolute atomic E-state index is 6.05. The Hall–Kier alpha value is -1.77. The summed E-state index contributed by atoms with van der Waals surface area (Å²) in [5.74, 6) is 1.99. The number of hydrogen-bond donors (Lipinski definition) is 1. The van der Waals surface area contributed by atoms with Gasteiger partial charge in [0.1, 0.15) is 5.76 Å². The van der Waals surface area contributed by atoms with Crippen molar-refractivity contribution in [2.24, 2.45) is 0 Å². The monoisotopic (exact) mass is 270 g/mol. The second-order valence-corrected chi connectivity index (χ2v) is 5.86. The largest absolute Gasteiger partial charge is 0.380 e. The molecular weight excluding hydrogens is 248 g/mol. The fourth-order valence-electron chi connectivity index (χ4n) is 3.15. The van der Waals surface area contributed by atoms with Crippen molar-refractivity contribution in [1.82, 2.24) is 5.16 Å². The lowest BCUT2D eigenvalue weighted by Gasteiger charge is -2.12. The quantitative estimate of drug-likeness (QED) is 0.807. The summed E-state index contributed by atoms with van der Waals surface area (Å²) < 4.78 is 5.60. The average Bonchev–Trinajstić information content (AvgIpc) is 2.67. The van der Waals surface area contributed by atoms with Crippen LogP contribution in [0.3, 0.4) is 0 Å². The van der Waals surface area contributed by atoms with E-state index in [1.807, 2.05) is 0 Å². The second kappa shape index (κ2) is 5.70. The summed E-state index contributed by atoms with van der Waals surface area (Å²) >= 11 is 0. The number of aromatic nitrogens is 1. The Morgan fingerprint density at radius 2 is 1.70 bits per heavy atom. The molecule has 20 heavy (non-hydrogen) atoms. The first kappa shape index (κ1) is 13.2. The van der Waals surface area contributed by atoms with Gasteiger partial charge in [-0.15, -0.1) is 0 Å². The van der Waals surface area contributed by atoms with E-state index in [0.29, 0.717) is 11.7 Å². The van der Waals surface area contributed by atoms with Crippen molar-refractivity contribution in [3.05, 3.63) is 35.6 Å². The highest BCUT2D eigenvalue weighted by Crippen LogP contribution is 2.40. The van der Waals surface area contributed by atoms with Gasteiger partial charge in [0.15, 0.2) is 5.82 Å². The van der Waals surface area contributed by atoms with E-state index in [9.17, 15) is 0 Å². The Labute approximate surface area is 120 Å². The van der Waals surface area contributed by atoms with E-state index in [2.05, 4.69) is 36.3 Å². The SMILES string of the molecule is Cc1ccc(-c2c(N)noc2C2CCCCCC2)cc1. The fourth-order valence-corrected chi connectivity index (χ4v) is 3.15. The molecule has 1 heterocycles. The maximum atomic E-state index is 6.05. The van der Waals surface area contributed by atoms with Crippen LogP contribution in [-0.2, 0) is 0 Å². The molecule has 2 N–H and O–H groups in total. The summed E-state index contributed by atoms with van der Waals surface area (Å²) in [6.45, 7) is 2.09. The molecule has 0 spiro atoms. The molecule has 1 aromatic carbocycles. The highest BCUT2D eigenvalue weighted by molar-refractivity contribution is 5.76. The zero-order valence-electron chi connectivity index (χ0n) is 12.1. The molecule has 1 aliphatic rings. The number of anilines is 1. The predicted molar refractivity (Wildman–Crippen MR) is 81.5 cm³/mol. The minimum absolute atomic E-state index is 0.471. The highest BCUT2D eigenvalue weighted by atomic mass is 16.5. The average molecular weight is 270 g/mol. The lowest BCUT2D eigenvalue weighted by atomic mass is 9.92. The van der Waals surface area contributed by atoms with E-state index in [1.54, 1.807) is 0 Å². The van der Waals surface area contributed by atoms with E-state index < -0.39 is 0 Å². The third kappa shape index (κ3) is 2.58. The van der Waals surface area contributed by atoms with Crippen LogP contribution in [0.15, 0.2) is 28.8 Å². The maximum Gasteiger partial charge on any atom is 0.175 e. The van der Waals surface area contributed by atoms with Gasteiger partial charge in [-0.2, -0.15) is 0 Å². The summed E-state index contributed by atoms with van der Waals surface area (Å²) in [4.78, 5) is 0. The molecule has 1 fully saturated rings. The van der Waals surface area contributed by atoms with Gasteiger partial charge in [-0.3, -0.25) is 0 Å². The summed E-state index contributed by atoms with van der Waals surface area (Å²) in [5, 5.41) is 4.02. The molecule has 0 atom stereocenters. The van der Waals surface area contributed by atoms with Gasteiger partial charge in [0.05, 0.1) is 5.56 Å². The molecule has 1 aromatic heterocycles. The normalized spacial score (nSPS) is 17.1. The van der Waals surface area contributed by atoms with Crippen LogP contribution in [0, 0.1) is 6.92 Å². The standard InChI is InChI=1S/C17H22N2O/c1-12-8-10-13(11-9-12)15-16(20-19-17(15)18)14-6-4-2-3-5-7-14/h8-11,14H,2-7H2,1H3,(H2,18,19). The van der Waals surface area contributed by atoms with Gasteiger partial charge in [-0.05, 0) is 25.3 Å². The van der Waals surface area contributed by atoms with E-state index in [4.69, 9.17) is 10.3 Å². The smallest absolute Gasteiger partial charge is 0.175 e. The second-order valence-electron chi connectivity index (χ2n) is 5.86. The molecule has 106 valence electrons. The number of aryl methyl sites for hydroxylation is 1. The van der Waals surface area contributed by atoms with Crippen molar-refractivity contribution >= 4 is 5.82 Å². The van der Waals surface area contributed by atoms with Crippen LogP contribution >= 0.6 is 0 Å². The molecule has 3 rings (SSSR count). The lowest BCUT2D eigenvalue weighted by molar-refractivity contribution is 0.350. The lowest BCUT2D eigenvalue weighted by Crippen LogP contribution is -1.98. The van der Waals surface area contributed by atoms with Gasteiger partial charge in [-0.1, -0.05) is 60.7 Å². The predicted octanol–water partition coefficient (Wildman–Crippen LogP) is 4.67. The molecule has 2 aromatic rings. The first-order valence-electron chi connectivity index (χ1n) is 7.58. The van der Waals surface area contributed by atoms with Gasteiger partial charge in [0.25, 0.3) is 0 Å². The molecular formula is C17H22N2O. The molecule has 0 amide bonds. The number of hydrogen-bond acceptors (Lipinski definition) is 3. The number of benzene rings is 1. The topological polar surface area (TPSA) is 52.0 Å². The zero-order valence-corrected chi connectivity index (χ0v) is 12.1. The first-order valence-corrected chi connectivity index (χ1v) is 7.58. The third-order valence-electron chi connectivity index (χ3n) is 4.31. The van der Waals surface area contributed by atoms with E-state index in [-0.39, 0.29) is 0 Å². The van der Waals surface area contributed by atoms with E-state index >= 15 is 0 Å². The van der Waals surface area contributed by atoms with Crippen molar-refractivity contribution in [1.29, 1.82) is 0 Å². The fraction of sp³-hybridized carbons (Fsp3) is 0.471. The van der Waals surface area contributed by atoms with Crippen LogP contribution < -0.4 is 5.73 Å². The number of rotatable bonds is 2. The summed E-state index contributed by atoms with van der Waals surface area (Å²) in [6.07, 6.45) is 7.60. The molecule has 1 aliphatic carbocycles. The van der Waals surface area contributed by atoms with Gasteiger partial charge < -0.3 is 10.3 Å². The Balaban J connectivity index is 1.98. The van der Waals surface area contributed by atoms with E-state index in [1.165, 1.54) is 44.1 Å². The molecule has 0 unspecified atom stereocenters. The van der Waals surface area contributed by atoms with Crippen molar-refractivity contribution in [3.63, 3.8) is 0 Å². The van der Waals surface area contributed by atoms with Crippen molar-refractivity contribution in [3.8, 4) is 11.1 Å². The highest BCUT2D eigenvalue weighted by Gasteiger charge is 2.24. The van der Waals surface area contributed by atoms with Gasteiger partial charge in [0.2, 0.25) is 0 Å². The molecule has 0 aliphatic heterocycles. The van der Waals surface area contributed by atoms with Crippen LogP contribution in [0.5, 0.6) is 0 Å². The molecule has 0 saturated heterocycles. The molecule has 0 radical (unpaired) electrons. The van der Waals surface area contributed by atoms with Crippen LogP contribution in [0.4, 0.5) is 5.82 Å². The van der Waals surface area contributed by atoms with Gasteiger partial charge >= 0.3 is 0 Å². The third-order valence-corrected chi connectivity index (χ3v) is 4.31. The molecule has 3 heteroatoms. The molecule has 1 saturated carbocycles. The first-order chi connectivity index (χ1) is 9.75. The Bertz CT molecular complexity index is 563. The summed E-state index contributed by atoms with van der Waals surface area (Å²) in [7, 11) is 0. The van der Waals surface area contributed by atoms with Crippen molar-refractivity contribution in [2.75, 3.05) is 5.73 Å². The van der Waals surface area contributed by atoms with Crippen LogP contribution in [0.1, 0.15) is 55.8 Å². The van der Waals surface area contributed by atoms with Crippen LogP contribution in [0.25, 0.3) is 11.1 Å².